The summed E-state index contributed by atoms with van der Waals surface area (Å²) in [5.74, 6) is 2.37. The zero-order valence-electron chi connectivity index (χ0n) is 6.00. The molecule has 0 saturated carbocycles. The van der Waals surface area contributed by atoms with Gasteiger partial charge in [-0.3, -0.25) is 0 Å². The predicted molar refractivity (Wildman–Crippen MR) is 45.1 cm³/mol. The summed E-state index contributed by atoms with van der Waals surface area (Å²) < 4.78 is 10.2. The Hall–Kier alpha value is -0.790. The second kappa shape index (κ2) is 4.16. The highest BCUT2D eigenvalue weighted by Crippen LogP contribution is 1.99. The van der Waals surface area contributed by atoms with Gasteiger partial charge in [0, 0.05) is 0 Å². The normalized spacial score (nSPS) is 22.1. The van der Waals surface area contributed by atoms with E-state index in [0.29, 0.717) is 24.9 Å². The van der Waals surface area contributed by atoms with Gasteiger partial charge in [0.15, 0.2) is 0 Å². The van der Waals surface area contributed by atoms with E-state index in [1.807, 2.05) is 0 Å². The lowest BCUT2D eigenvalue weighted by molar-refractivity contribution is 0.0795. The summed E-state index contributed by atoms with van der Waals surface area (Å²) in [4.78, 5) is 0. The van der Waals surface area contributed by atoms with Crippen molar-refractivity contribution in [2.24, 2.45) is 0 Å². The lowest BCUT2D eigenvalue weighted by Crippen LogP contribution is -2.20. The van der Waals surface area contributed by atoms with Gasteiger partial charge in [-0.05, 0) is 12.2 Å². The van der Waals surface area contributed by atoms with Crippen molar-refractivity contribution in [3.8, 4) is 12.3 Å². The molecule has 11 heavy (non-hydrogen) atoms. The number of rotatable bonds is 3. The van der Waals surface area contributed by atoms with Gasteiger partial charge in [-0.2, -0.15) is 0 Å². The van der Waals surface area contributed by atoms with E-state index < -0.39 is 0 Å². The maximum Gasteiger partial charge on any atom is 0.257 e. The van der Waals surface area contributed by atoms with Gasteiger partial charge in [0.25, 0.3) is 5.17 Å². The molecule has 0 amide bonds. The van der Waals surface area contributed by atoms with Crippen LogP contribution in [0.1, 0.15) is 0 Å². The first-order valence-corrected chi connectivity index (χ1v) is 3.69. The molecule has 1 aliphatic heterocycles. The second-order valence-electron chi connectivity index (χ2n) is 2.13. The summed E-state index contributed by atoms with van der Waals surface area (Å²) in [7, 11) is 0. The van der Waals surface area contributed by atoms with Gasteiger partial charge in [0.1, 0.15) is 12.7 Å². The summed E-state index contributed by atoms with van der Waals surface area (Å²) in [6.07, 6.45) is 5.01. The first kappa shape index (κ1) is 8.31. The number of hydrogen-bond donors (Lipinski definition) is 1. The quantitative estimate of drug-likeness (QED) is 0.365. The third kappa shape index (κ3) is 2.74. The fourth-order valence-electron chi connectivity index (χ4n) is 0.774. The number of nitrogens with one attached hydrogen (secondary N) is 1. The largest absolute Gasteiger partial charge is 0.463 e. The van der Waals surface area contributed by atoms with Crippen molar-refractivity contribution in [1.29, 1.82) is 0 Å². The smallest absolute Gasteiger partial charge is 0.257 e. The standard InChI is InChI=1S/C7H9NO2S/c1-2-3-9-5-6-4-8-7(11)10-6/h1,6H,3-5H2,(H,8,11)/t6-/m1/s1. The monoisotopic (exact) mass is 171 g/mol. The van der Waals surface area contributed by atoms with Crippen molar-refractivity contribution in [3.63, 3.8) is 0 Å². The zero-order valence-corrected chi connectivity index (χ0v) is 6.82. The van der Waals surface area contributed by atoms with E-state index in [0.717, 1.165) is 0 Å². The van der Waals surface area contributed by atoms with Crippen molar-refractivity contribution < 1.29 is 9.47 Å². The lowest BCUT2D eigenvalue weighted by atomic mass is 10.4. The Morgan fingerprint density at radius 3 is 3.27 bits per heavy atom. The highest BCUT2D eigenvalue weighted by molar-refractivity contribution is 7.80. The van der Waals surface area contributed by atoms with Crippen LogP contribution in [-0.4, -0.2) is 31.0 Å². The molecule has 0 unspecified atom stereocenters. The van der Waals surface area contributed by atoms with Crippen molar-refractivity contribution in [2.45, 2.75) is 6.10 Å². The summed E-state index contributed by atoms with van der Waals surface area (Å²) in [6.45, 7) is 1.54. The Labute approximate surface area is 71.1 Å². The minimum absolute atomic E-state index is 0.0239. The number of terminal acetylenes is 1. The molecule has 60 valence electrons. The van der Waals surface area contributed by atoms with E-state index >= 15 is 0 Å². The van der Waals surface area contributed by atoms with E-state index in [4.69, 9.17) is 28.1 Å². The van der Waals surface area contributed by atoms with Crippen LogP contribution < -0.4 is 5.32 Å². The molecule has 0 radical (unpaired) electrons. The summed E-state index contributed by atoms with van der Waals surface area (Å²) in [5, 5.41) is 3.32. The van der Waals surface area contributed by atoms with Crippen molar-refractivity contribution >= 4 is 17.4 Å². The van der Waals surface area contributed by atoms with Gasteiger partial charge in [-0.25, -0.2) is 0 Å². The third-order valence-corrected chi connectivity index (χ3v) is 1.48. The molecular formula is C7H9NO2S. The molecule has 0 aliphatic carbocycles. The van der Waals surface area contributed by atoms with Gasteiger partial charge < -0.3 is 14.8 Å². The Morgan fingerprint density at radius 1 is 1.91 bits per heavy atom. The maximum absolute atomic E-state index is 5.13. The van der Waals surface area contributed by atoms with E-state index in [1.165, 1.54) is 0 Å². The Balaban J connectivity index is 2.09. The van der Waals surface area contributed by atoms with Crippen molar-refractivity contribution in [1.82, 2.24) is 5.32 Å². The average molecular weight is 171 g/mol. The van der Waals surface area contributed by atoms with E-state index in [-0.39, 0.29) is 6.10 Å². The number of thiocarbonyl (C=S) groups is 1. The Morgan fingerprint density at radius 2 is 2.73 bits per heavy atom. The fourth-order valence-corrected chi connectivity index (χ4v) is 0.994. The van der Waals surface area contributed by atoms with Gasteiger partial charge in [0.2, 0.25) is 0 Å². The Kier molecular flexibility index (Phi) is 3.14. The molecule has 1 heterocycles. The van der Waals surface area contributed by atoms with E-state index in [1.54, 1.807) is 0 Å². The van der Waals surface area contributed by atoms with Crippen LogP contribution in [-0.2, 0) is 9.47 Å². The van der Waals surface area contributed by atoms with Crippen LogP contribution in [0.25, 0.3) is 0 Å². The van der Waals surface area contributed by atoms with Crippen LogP contribution in [0.5, 0.6) is 0 Å². The van der Waals surface area contributed by atoms with Crippen LogP contribution >= 0.6 is 12.2 Å². The molecule has 3 nitrogen and oxygen atoms in total. The van der Waals surface area contributed by atoms with Crippen molar-refractivity contribution in [3.05, 3.63) is 0 Å². The lowest BCUT2D eigenvalue weighted by Gasteiger charge is -2.06. The molecule has 1 saturated heterocycles. The van der Waals surface area contributed by atoms with Crippen LogP contribution in [0, 0.1) is 12.3 Å². The van der Waals surface area contributed by atoms with Crippen LogP contribution in [0.2, 0.25) is 0 Å². The SMILES string of the molecule is C#CCOC[C@H]1CNC(=S)O1. The van der Waals surface area contributed by atoms with Crippen molar-refractivity contribution in [2.75, 3.05) is 19.8 Å². The Bertz CT molecular complexity index is 187. The van der Waals surface area contributed by atoms with Crippen LogP contribution in [0.15, 0.2) is 0 Å². The van der Waals surface area contributed by atoms with Gasteiger partial charge in [-0.1, -0.05) is 5.92 Å². The molecule has 0 spiro atoms. The van der Waals surface area contributed by atoms with Gasteiger partial charge in [0.05, 0.1) is 13.2 Å². The first-order chi connectivity index (χ1) is 5.33. The number of ether oxygens (including phenoxy) is 2. The van der Waals surface area contributed by atoms with E-state index in [2.05, 4.69) is 11.2 Å². The maximum atomic E-state index is 5.13. The minimum Gasteiger partial charge on any atom is -0.463 e. The summed E-state index contributed by atoms with van der Waals surface area (Å²) in [6, 6.07) is 0. The fraction of sp³-hybridized carbons (Fsp3) is 0.571. The molecule has 1 atom stereocenters. The first-order valence-electron chi connectivity index (χ1n) is 3.28. The molecule has 0 bridgehead atoms. The van der Waals surface area contributed by atoms with E-state index in [9.17, 15) is 0 Å². The minimum atomic E-state index is 0.0239. The highest BCUT2D eigenvalue weighted by Gasteiger charge is 2.18. The zero-order chi connectivity index (χ0) is 8.10. The predicted octanol–water partition coefficient (Wildman–Crippen LogP) is -0.0905. The summed E-state index contributed by atoms with van der Waals surface area (Å²) >= 11 is 4.75. The molecule has 4 heteroatoms. The molecule has 0 aromatic heterocycles. The van der Waals surface area contributed by atoms with Gasteiger partial charge in [-0.15, -0.1) is 6.42 Å². The summed E-state index contributed by atoms with van der Waals surface area (Å²) in [5.41, 5.74) is 0. The topological polar surface area (TPSA) is 30.5 Å². The van der Waals surface area contributed by atoms with Crippen LogP contribution in [0.4, 0.5) is 0 Å². The number of hydrogen-bond acceptors (Lipinski definition) is 3. The molecule has 1 fully saturated rings. The molecule has 0 aromatic carbocycles. The highest BCUT2D eigenvalue weighted by atomic mass is 32.1. The second-order valence-corrected chi connectivity index (χ2v) is 2.50. The molecular weight excluding hydrogens is 162 g/mol. The van der Waals surface area contributed by atoms with Crippen LogP contribution in [0.3, 0.4) is 0 Å². The third-order valence-electron chi connectivity index (χ3n) is 1.24. The molecule has 1 N–H and O–H groups in total. The molecule has 0 aromatic rings. The van der Waals surface area contributed by atoms with Gasteiger partial charge >= 0.3 is 0 Å². The molecule has 1 aliphatic rings. The molecule has 1 rings (SSSR count). The average Bonchev–Trinajstić information content (AvgIpc) is 2.37.